The molecule has 3 rings (SSSR count). The van der Waals surface area contributed by atoms with E-state index >= 15 is 0 Å². The van der Waals surface area contributed by atoms with Crippen molar-refractivity contribution in [2.24, 2.45) is 0 Å². The van der Waals surface area contributed by atoms with Gasteiger partial charge >= 0.3 is 7.12 Å². The molecule has 3 heterocycles. The van der Waals surface area contributed by atoms with Gasteiger partial charge in [0.25, 0.3) is 0 Å². The van der Waals surface area contributed by atoms with Gasteiger partial charge in [0.2, 0.25) is 0 Å². The van der Waals surface area contributed by atoms with E-state index < -0.39 is 0 Å². The highest BCUT2D eigenvalue weighted by Gasteiger charge is 2.51. The Bertz CT molecular complexity index is 481. The van der Waals surface area contributed by atoms with Crippen LogP contribution >= 0.6 is 0 Å². The van der Waals surface area contributed by atoms with Gasteiger partial charge in [-0.2, -0.15) is 0 Å². The average molecular weight is 291 g/mol. The van der Waals surface area contributed by atoms with Gasteiger partial charge in [0.1, 0.15) is 6.79 Å². The summed E-state index contributed by atoms with van der Waals surface area (Å²) < 4.78 is 22.7. The molecule has 0 atom stereocenters. The van der Waals surface area contributed by atoms with Crippen LogP contribution in [0.2, 0.25) is 0 Å². The second-order valence-electron chi connectivity index (χ2n) is 6.66. The molecule has 1 aromatic heterocycles. The lowest BCUT2D eigenvalue weighted by molar-refractivity contribution is -0.108. The van der Waals surface area contributed by atoms with Crippen LogP contribution in [0, 0.1) is 0 Å². The van der Waals surface area contributed by atoms with Crippen molar-refractivity contribution in [3.05, 3.63) is 24.0 Å². The van der Waals surface area contributed by atoms with Crippen LogP contribution < -0.4 is 5.46 Å². The first kappa shape index (κ1) is 15.0. The van der Waals surface area contributed by atoms with E-state index in [1.54, 1.807) is 0 Å². The fourth-order valence-corrected chi connectivity index (χ4v) is 2.44. The fourth-order valence-electron chi connectivity index (χ4n) is 2.44. The molecule has 6 heteroatoms. The van der Waals surface area contributed by atoms with Crippen LogP contribution in [0.15, 0.2) is 18.3 Å². The summed E-state index contributed by atoms with van der Waals surface area (Å²) in [6, 6.07) is 4.02. The van der Waals surface area contributed by atoms with Crippen molar-refractivity contribution >= 4 is 12.6 Å². The van der Waals surface area contributed by atoms with Crippen LogP contribution in [0.1, 0.15) is 39.3 Å². The minimum absolute atomic E-state index is 0.200. The normalized spacial score (nSPS) is 25.2. The van der Waals surface area contributed by atoms with Gasteiger partial charge in [-0.3, -0.25) is 4.98 Å². The van der Waals surface area contributed by atoms with Gasteiger partial charge in [0, 0.05) is 23.3 Å². The summed E-state index contributed by atoms with van der Waals surface area (Å²) in [6.45, 7) is 9.88. The third-order valence-electron chi connectivity index (χ3n) is 4.56. The van der Waals surface area contributed by atoms with Gasteiger partial charge in [-0.05, 0) is 33.8 Å². The molecule has 0 amide bonds. The van der Waals surface area contributed by atoms with Crippen LogP contribution in [-0.2, 0) is 18.8 Å². The lowest BCUT2D eigenvalue weighted by Crippen LogP contribution is -2.41. The molecule has 0 spiro atoms. The van der Waals surface area contributed by atoms with Crippen molar-refractivity contribution in [3.8, 4) is 0 Å². The summed E-state index contributed by atoms with van der Waals surface area (Å²) >= 11 is 0. The van der Waals surface area contributed by atoms with E-state index in [0.29, 0.717) is 20.0 Å². The SMILES string of the molecule is CC1(C)OB(c2ccc(C3COCOC3)nc2)OC1(C)C. The lowest BCUT2D eigenvalue weighted by atomic mass is 9.80. The van der Waals surface area contributed by atoms with Gasteiger partial charge in [-0.25, -0.2) is 0 Å². The monoisotopic (exact) mass is 291 g/mol. The summed E-state index contributed by atoms with van der Waals surface area (Å²) in [6.07, 6.45) is 1.83. The molecular weight excluding hydrogens is 269 g/mol. The van der Waals surface area contributed by atoms with E-state index in [4.69, 9.17) is 18.8 Å². The van der Waals surface area contributed by atoms with Gasteiger partial charge in [0.05, 0.1) is 24.4 Å². The minimum atomic E-state index is -0.365. The summed E-state index contributed by atoms with van der Waals surface area (Å²) in [7, 11) is -0.365. The van der Waals surface area contributed by atoms with Crippen LogP contribution in [0.3, 0.4) is 0 Å². The van der Waals surface area contributed by atoms with Crippen molar-refractivity contribution in [1.29, 1.82) is 0 Å². The molecule has 114 valence electrons. The zero-order valence-corrected chi connectivity index (χ0v) is 13.1. The predicted molar refractivity (Wildman–Crippen MR) is 79.5 cm³/mol. The van der Waals surface area contributed by atoms with Crippen LogP contribution in [-0.4, -0.2) is 43.3 Å². The number of hydrogen-bond donors (Lipinski definition) is 0. The first-order valence-electron chi connectivity index (χ1n) is 7.36. The summed E-state index contributed by atoms with van der Waals surface area (Å²) in [5, 5.41) is 0. The van der Waals surface area contributed by atoms with E-state index in [1.807, 2.05) is 46.0 Å². The van der Waals surface area contributed by atoms with E-state index in [-0.39, 0.29) is 24.2 Å². The Morgan fingerprint density at radius 1 is 1.05 bits per heavy atom. The first-order chi connectivity index (χ1) is 9.89. The average Bonchev–Trinajstić information content (AvgIpc) is 2.69. The smallest absolute Gasteiger partial charge is 0.399 e. The highest BCUT2D eigenvalue weighted by molar-refractivity contribution is 6.62. The number of ether oxygens (including phenoxy) is 2. The molecule has 0 aromatic carbocycles. The number of nitrogens with zero attached hydrogens (tertiary/aromatic N) is 1. The van der Waals surface area contributed by atoms with E-state index in [1.165, 1.54) is 0 Å². The second kappa shape index (κ2) is 5.36. The summed E-state index contributed by atoms with van der Waals surface area (Å²) in [5.41, 5.74) is 1.26. The first-order valence-corrected chi connectivity index (χ1v) is 7.36. The van der Waals surface area contributed by atoms with Crippen molar-refractivity contribution < 1.29 is 18.8 Å². The molecule has 0 bridgehead atoms. The van der Waals surface area contributed by atoms with Gasteiger partial charge in [-0.15, -0.1) is 0 Å². The van der Waals surface area contributed by atoms with Crippen LogP contribution in [0.25, 0.3) is 0 Å². The van der Waals surface area contributed by atoms with Crippen molar-refractivity contribution in [3.63, 3.8) is 0 Å². The fraction of sp³-hybridized carbons (Fsp3) is 0.667. The Balaban J connectivity index is 1.73. The molecule has 2 aliphatic heterocycles. The van der Waals surface area contributed by atoms with Crippen molar-refractivity contribution in [1.82, 2.24) is 4.98 Å². The van der Waals surface area contributed by atoms with E-state index in [0.717, 1.165) is 11.2 Å². The number of aromatic nitrogens is 1. The van der Waals surface area contributed by atoms with Crippen molar-refractivity contribution in [2.75, 3.05) is 20.0 Å². The van der Waals surface area contributed by atoms with Crippen LogP contribution in [0.4, 0.5) is 0 Å². The highest BCUT2D eigenvalue weighted by Crippen LogP contribution is 2.36. The Morgan fingerprint density at radius 2 is 1.67 bits per heavy atom. The zero-order valence-electron chi connectivity index (χ0n) is 13.1. The third kappa shape index (κ3) is 2.86. The third-order valence-corrected chi connectivity index (χ3v) is 4.56. The highest BCUT2D eigenvalue weighted by atomic mass is 16.7. The molecular formula is C15H22BNO4. The zero-order chi connectivity index (χ0) is 15.1. The largest absolute Gasteiger partial charge is 0.496 e. The lowest BCUT2D eigenvalue weighted by Gasteiger charge is -2.32. The Labute approximate surface area is 126 Å². The second-order valence-corrected chi connectivity index (χ2v) is 6.66. The topological polar surface area (TPSA) is 49.8 Å². The quantitative estimate of drug-likeness (QED) is 0.772. The summed E-state index contributed by atoms with van der Waals surface area (Å²) in [4.78, 5) is 4.52. The summed E-state index contributed by atoms with van der Waals surface area (Å²) in [5.74, 6) is 0.200. The maximum Gasteiger partial charge on any atom is 0.496 e. The van der Waals surface area contributed by atoms with Gasteiger partial charge < -0.3 is 18.8 Å². The molecule has 0 unspecified atom stereocenters. The maximum absolute atomic E-state index is 6.02. The molecule has 0 N–H and O–H groups in total. The Hall–Kier alpha value is -0.945. The molecule has 2 saturated heterocycles. The molecule has 2 fully saturated rings. The molecule has 0 saturated carbocycles. The molecule has 21 heavy (non-hydrogen) atoms. The predicted octanol–water partition coefficient (Wildman–Crippen LogP) is 1.47. The molecule has 0 aliphatic carbocycles. The Morgan fingerprint density at radius 3 is 2.19 bits per heavy atom. The number of pyridine rings is 1. The van der Waals surface area contributed by atoms with Crippen molar-refractivity contribution in [2.45, 2.75) is 44.8 Å². The molecule has 2 aliphatic rings. The maximum atomic E-state index is 6.02. The molecule has 0 radical (unpaired) electrons. The number of rotatable bonds is 2. The van der Waals surface area contributed by atoms with Gasteiger partial charge in [0.15, 0.2) is 0 Å². The van der Waals surface area contributed by atoms with Gasteiger partial charge in [-0.1, -0.05) is 6.07 Å². The minimum Gasteiger partial charge on any atom is -0.399 e. The molecule has 1 aromatic rings. The standard InChI is InChI=1S/C15H22BNO4/c1-14(2)15(3,4)21-16(20-14)12-5-6-13(17-7-12)11-8-18-10-19-9-11/h5-7,11H,8-10H2,1-4H3. The van der Waals surface area contributed by atoms with Crippen LogP contribution in [0.5, 0.6) is 0 Å². The molecule has 5 nitrogen and oxygen atoms in total. The number of hydrogen-bond acceptors (Lipinski definition) is 5. The van der Waals surface area contributed by atoms with E-state index in [9.17, 15) is 0 Å². The Kier molecular flexibility index (Phi) is 3.82. The van der Waals surface area contributed by atoms with E-state index in [2.05, 4.69) is 4.98 Å².